The van der Waals surface area contributed by atoms with Gasteiger partial charge in [-0.3, -0.25) is 14.4 Å². The molecule has 6 heterocycles. The van der Waals surface area contributed by atoms with Gasteiger partial charge in [-0.1, -0.05) is 86.6 Å². The predicted octanol–water partition coefficient (Wildman–Crippen LogP) is 11.1. The van der Waals surface area contributed by atoms with Crippen molar-refractivity contribution in [3.05, 3.63) is 193 Å². The third-order valence-electron chi connectivity index (χ3n) is 16.4. The number of aromatic nitrogens is 6. The minimum absolute atomic E-state index is 0.0716. The Balaban J connectivity index is 0.000000145. The fraction of sp³-hybridized carbons (Fsp3) is 0.294. The number of phenols is 3. The smallest absolute Gasteiger partial charge is 0.296 e. The summed E-state index contributed by atoms with van der Waals surface area (Å²) in [6.45, 7) is 11.0. The maximum absolute atomic E-state index is 13.5. The second-order valence-electron chi connectivity index (χ2n) is 22.2. The van der Waals surface area contributed by atoms with Crippen molar-refractivity contribution in [3.63, 3.8) is 0 Å². The summed E-state index contributed by atoms with van der Waals surface area (Å²) >= 11 is 0. The van der Waals surface area contributed by atoms with E-state index in [9.17, 15) is 34.1 Å². The van der Waals surface area contributed by atoms with Crippen LogP contribution in [0.1, 0.15) is 88.3 Å². The predicted molar refractivity (Wildman–Crippen MR) is 346 cm³/mol. The number of aromatic hydroxyl groups is 3. The molecular weight excluding hydrogens is 1100 g/mol. The number of nitrogens with two attached hydrogens (primary N) is 3. The number of halogens is 1. The number of hydrogen-bond acceptors (Lipinski definition) is 15. The monoisotopic (exact) mass is 1170 g/mol. The maximum atomic E-state index is 13.5. The Morgan fingerprint density at radius 2 is 0.828 bits per heavy atom. The summed E-state index contributed by atoms with van der Waals surface area (Å²) in [5.74, 6) is -0.0219. The lowest BCUT2D eigenvalue weighted by molar-refractivity contribution is 0.467. The van der Waals surface area contributed by atoms with Gasteiger partial charge in [-0.15, -0.1) is 0 Å². The van der Waals surface area contributed by atoms with E-state index >= 15 is 0 Å². The van der Waals surface area contributed by atoms with Crippen molar-refractivity contribution in [2.24, 2.45) is 0 Å². The summed E-state index contributed by atoms with van der Waals surface area (Å²) in [6.07, 6.45) is 11.2. The van der Waals surface area contributed by atoms with Crippen LogP contribution in [-0.2, 0) is 12.8 Å². The second kappa shape index (κ2) is 27.0. The minimum Gasteiger partial charge on any atom is -0.508 e. The normalized spacial score (nSPS) is 14.2. The highest BCUT2D eigenvalue weighted by Gasteiger charge is 2.28. The Bertz CT molecular complexity index is 4100. The van der Waals surface area contributed by atoms with Crippen molar-refractivity contribution in [1.29, 1.82) is 0 Å². The molecule has 12 rings (SSSR count). The second-order valence-corrected chi connectivity index (χ2v) is 22.2. The summed E-state index contributed by atoms with van der Waals surface area (Å²) in [4.78, 5) is 45.8. The fourth-order valence-corrected chi connectivity index (χ4v) is 11.6. The molecule has 0 unspecified atom stereocenters. The van der Waals surface area contributed by atoms with Crippen molar-refractivity contribution in [2.75, 3.05) is 71.2 Å². The molecule has 450 valence electrons. The quantitative estimate of drug-likeness (QED) is 0.0704. The molecule has 18 nitrogen and oxygen atoms in total. The number of benzene rings is 6. The molecule has 3 aliphatic rings. The van der Waals surface area contributed by atoms with Gasteiger partial charge in [-0.2, -0.15) is 29.3 Å². The van der Waals surface area contributed by atoms with Crippen molar-refractivity contribution < 1.29 is 19.7 Å². The van der Waals surface area contributed by atoms with Gasteiger partial charge >= 0.3 is 0 Å². The molecular formula is C68H75FN12O6. The highest BCUT2D eigenvalue weighted by molar-refractivity contribution is 5.86. The van der Waals surface area contributed by atoms with Crippen LogP contribution >= 0.6 is 0 Å². The number of rotatable bonds is 11. The lowest BCUT2D eigenvalue weighted by atomic mass is 10.0. The number of anilines is 6. The van der Waals surface area contributed by atoms with E-state index in [4.69, 9.17) is 27.4 Å². The van der Waals surface area contributed by atoms with Gasteiger partial charge in [0.05, 0.1) is 34.1 Å². The van der Waals surface area contributed by atoms with Gasteiger partial charge in [0.2, 0.25) is 0 Å². The minimum atomic E-state index is -0.440. The highest BCUT2D eigenvalue weighted by Crippen LogP contribution is 2.39. The number of nitrogens with zero attached hydrogens (tertiary/aromatic N) is 9. The topological polar surface area (TPSA) is 253 Å². The first-order chi connectivity index (χ1) is 42.1. The summed E-state index contributed by atoms with van der Waals surface area (Å²) < 4.78 is 17.3. The van der Waals surface area contributed by atoms with Gasteiger partial charge in [0.15, 0.2) is 0 Å². The molecule has 0 atom stereocenters. The summed E-state index contributed by atoms with van der Waals surface area (Å²) in [7, 11) is 0. The van der Waals surface area contributed by atoms with Crippen LogP contribution in [0.3, 0.4) is 0 Å². The van der Waals surface area contributed by atoms with Crippen molar-refractivity contribution in [3.8, 4) is 68.1 Å². The molecule has 6 aromatic carbocycles. The molecule has 3 aromatic heterocycles. The van der Waals surface area contributed by atoms with E-state index in [0.29, 0.717) is 63.9 Å². The van der Waals surface area contributed by atoms with Gasteiger partial charge in [0, 0.05) is 74.2 Å². The zero-order valence-corrected chi connectivity index (χ0v) is 49.5. The van der Waals surface area contributed by atoms with Crippen LogP contribution in [-0.4, -0.2) is 83.9 Å². The number of nitrogen functional groups attached to an aromatic ring is 3. The summed E-state index contributed by atoms with van der Waals surface area (Å²) in [5, 5.41) is 44.4. The zero-order valence-electron chi connectivity index (χ0n) is 49.5. The summed E-state index contributed by atoms with van der Waals surface area (Å²) in [6, 6.07) is 40.5. The molecule has 0 aliphatic carbocycles. The molecule has 87 heavy (non-hydrogen) atoms. The van der Waals surface area contributed by atoms with Crippen LogP contribution in [0.15, 0.2) is 154 Å². The zero-order chi connectivity index (χ0) is 61.3. The first-order valence-electron chi connectivity index (χ1n) is 30.0. The van der Waals surface area contributed by atoms with Gasteiger partial charge in [0.25, 0.3) is 16.7 Å². The van der Waals surface area contributed by atoms with Gasteiger partial charge in [0.1, 0.15) is 57.2 Å². The number of phenolic OH excluding ortho intramolecular Hbond substituents is 3. The summed E-state index contributed by atoms with van der Waals surface area (Å²) in [5.41, 5.74) is 29.0. The Labute approximate surface area is 504 Å². The largest absolute Gasteiger partial charge is 0.508 e. The first-order valence-corrected chi connectivity index (χ1v) is 30.0. The fourth-order valence-electron chi connectivity index (χ4n) is 11.6. The molecule has 0 bridgehead atoms. The van der Waals surface area contributed by atoms with Crippen molar-refractivity contribution in [2.45, 2.75) is 91.4 Å². The molecule has 0 radical (unpaired) electrons. The van der Waals surface area contributed by atoms with E-state index in [2.05, 4.69) is 19.8 Å². The lowest BCUT2D eigenvalue weighted by Crippen LogP contribution is -2.35. The van der Waals surface area contributed by atoms with Gasteiger partial charge < -0.3 is 47.2 Å². The molecule has 19 heteroatoms. The molecule has 0 amide bonds. The van der Waals surface area contributed by atoms with E-state index in [0.717, 1.165) is 118 Å². The molecule has 3 saturated heterocycles. The van der Waals surface area contributed by atoms with Crippen LogP contribution in [0.5, 0.6) is 17.2 Å². The van der Waals surface area contributed by atoms with E-state index in [1.807, 2.05) is 81.4 Å². The number of hydrogen-bond donors (Lipinski definition) is 6. The Morgan fingerprint density at radius 3 is 1.24 bits per heavy atom. The van der Waals surface area contributed by atoms with Crippen LogP contribution < -0.4 is 48.6 Å². The molecule has 0 saturated carbocycles. The van der Waals surface area contributed by atoms with Crippen LogP contribution in [0, 0.1) is 12.7 Å². The molecule has 3 fully saturated rings. The SMILES string of the molecule is CCc1ccc(-n2nc(-c3ccc(F)cc3)c(N3CCCCC3)c(N)c2=O)cc1O.CCc1ccc(-n2nc(-c3ccccc3)c(N3CCCCC3)c(N)c2=O)cc1O.Cc1ccccc1-c1nn(-c2cccc(O)c2)c(=O)c(N)c1N1CCCCC1. The molecule has 3 aliphatic heterocycles. The highest BCUT2D eigenvalue weighted by atomic mass is 19.1. The van der Waals surface area contributed by atoms with Gasteiger partial charge in [-0.05, 0) is 143 Å². The van der Waals surface area contributed by atoms with Crippen molar-refractivity contribution >= 4 is 34.1 Å². The Kier molecular flexibility index (Phi) is 18.7. The van der Waals surface area contributed by atoms with Gasteiger partial charge in [-0.25, -0.2) is 4.39 Å². The third kappa shape index (κ3) is 13.0. The first kappa shape index (κ1) is 60.2. The number of aryl methyl sites for hydroxylation is 3. The molecule has 9 N–H and O–H groups in total. The lowest BCUT2D eigenvalue weighted by Gasteiger charge is -2.31. The van der Waals surface area contributed by atoms with Crippen LogP contribution in [0.25, 0.3) is 50.8 Å². The average molecular weight is 1180 g/mol. The van der Waals surface area contributed by atoms with E-state index < -0.39 is 5.56 Å². The third-order valence-corrected chi connectivity index (χ3v) is 16.4. The Morgan fingerprint density at radius 1 is 0.437 bits per heavy atom. The standard InChI is InChI=1S/C23H25FN4O2.C23H26N4O2.C22H24N4O2/c1-2-15-8-11-18(14-19(15)29)28-23(30)20(25)22(27-12-4-3-5-13-27)21(26-28)16-6-9-17(24)10-7-16;1-2-16-11-12-18(15-19(16)28)27-23(29)20(24)22(26-13-7-4-8-14-26)21(25-27)17-9-5-3-6-10-17;1-15-8-3-4-11-18(15)20-21(25-12-5-2-6-13-25)19(23)22(28)26(24-20)16-9-7-10-17(27)14-16/h6-11,14,29H,2-5,12-13,25H2,1H3;3,5-6,9-12,15,28H,2,4,7-8,13-14,24H2,1H3;3-4,7-11,14,27H,2,5-6,12-13,23H2,1H3. The van der Waals surface area contributed by atoms with Crippen molar-refractivity contribution in [1.82, 2.24) is 29.3 Å². The van der Waals surface area contributed by atoms with E-state index in [-0.39, 0.29) is 51.2 Å². The molecule has 0 spiro atoms. The van der Waals surface area contributed by atoms with E-state index in [1.54, 1.807) is 54.6 Å². The molecule has 9 aromatic rings. The van der Waals surface area contributed by atoms with E-state index in [1.165, 1.54) is 51.2 Å². The van der Waals surface area contributed by atoms with Crippen LogP contribution in [0.2, 0.25) is 0 Å². The maximum Gasteiger partial charge on any atom is 0.296 e. The Hall–Kier alpha value is -9.91. The van der Waals surface area contributed by atoms with Crippen LogP contribution in [0.4, 0.5) is 38.5 Å². The number of piperidine rings is 3. The average Bonchev–Trinajstić information content (AvgIpc) is 1.42.